The fourth-order valence-electron chi connectivity index (χ4n) is 3.88. The molecule has 0 radical (unpaired) electrons. The average Bonchev–Trinajstić information content (AvgIpc) is 3.52. The molecule has 1 fully saturated rings. The number of aromatic nitrogens is 2. The van der Waals surface area contributed by atoms with E-state index in [2.05, 4.69) is 15.5 Å². The van der Waals surface area contributed by atoms with Crippen LogP contribution in [0.25, 0.3) is 0 Å². The van der Waals surface area contributed by atoms with Crippen molar-refractivity contribution < 1.29 is 19.0 Å². The lowest BCUT2D eigenvalue weighted by atomic mass is 10.0. The molecular formula is C23H26N4O4S2. The quantitative estimate of drug-likeness (QED) is 0.433. The molecule has 0 bridgehead atoms. The number of para-hydroxylation sites is 2. The first-order chi connectivity index (χ1) is 16.1. The van der Waals surface area contributed by atoms with Gasteiger partial charge in [-0.25, -0.2) is 0 Å². The highest BCUT2D eigenvalue weighted by Crippen LogP contribution is 2.39. The predicted octanol–water partition coefficient (Wildman–Crippen LogP) is 4.76. The second kappa shape index (κ2) is 10.8. The molecule has 33 heavy (non-hydrogen) atoms. The van der Waals surface area contributed by atoms with Crippen molar-refractivity contribution in [3.8, 4) is 17.2 Å². The Morgan fingerprint density at radius 3 is 2.73 bits per heavy atom. The van der Waals surface area contributed by atoms with Gasteiger partial charge in [0.2, 0.25) is 11.0 Å². The van der Waals surface area contributed by atoms with Crippen molar-refractivity contribution in [1.82, 2.24) is 15.1 Å². The topological polar surface area (TPSA) is 85.8 Å². The first-order valence-corrected chi connectivity index (χ1v) is 12.3. The SMILES string of the molecule is COc1ccc(OC)c(C2CCCN2C(=O)CSc2nnc(Nc3ccccc3OC)s2)c1. The van der Waals surface area contributed by atoms with E-state index < -0.39 is 0 Å². The highest BCUT2D eigenvalue weighted by Gasteiger charge is 2.32. The standard InChI is InChI=1S/C23H26N4O4S2/c1-29-15-10-11-19(30-2)16(13-15)18-8-6-12-27(18)21(28)14-32-23-26-25-22(33-23)24-17-7-4-5-9-20(17)31-3/h4-5,7,9-11,13,18H,6,8,12,14H2,1-3H3,(H,24,25). The number of nitrogens with one attached hydrogen (secondary N) is 1. The number of thioether (sulfide) groups is 1. The van der Waals surface area contributed by atoms with E-state index >= 15 is 0 Å². The van der Waals surface area contributed by atoms with Crippen LogP contribution in [0, 0.1) is 0 Å². The molecule has 1 aromatic heterocycles. The summed E-state index contributed by atoms with van der Waals surface area (Å²) in [7, 11) is 4.91. The molecule has 0 spiro atoms. The third-order valence-corrected chi connectivity index (χ3v) is 7.40. The number of hydrogen-bond donors (Lipinski definition) is 1. The van der Waals surface area contributed by atoms with Gasteiger partial charge in [0.1, 0.15) is 17.2 Å². The van der Waals surface area contributed by atoms with Gasteiger partial charge in [0, 0.05) is 12.1 Å². The normalized spacial score (nSPS) is 15.4. The summed E-state index contributed by atoms with van der Waals surface area (Å²) in [6.45, 7) is 0.723. The number of amides is 1. The van der Waals surface area contributed by atoms with E-state index in [1.807, 2.05) is 47.4 Å². The minimum Gasteiger partial charge on any atom is -0.497 e. The number of benzene rings is 2. The molecule has 0 saturated carbocycles. The number of hydrogen-bond acceptors (Lipinski definition) is 9. The smallest absolute Gasteiger partial charge is 0.233 e. The van der Waals surface area contributed by atoms with E-state index in [1.54, 1.807) is 21.3 Å². The molecule has 3 aromatic rings. The molecule has 4 rings (SSSR count). The molecule has 0 aliphatic carbocycles. The Hall–Kier alpha value is -2.98. The van der Waals surface area contributed by atoms with Gasteiger partial charge in [0.05, 0.1) is 38.8 Å². The summed E-state index contributed by atoms with van der Waals surface area (Å²) in [6, 6.07) is 13.3. The minimum absolute atomic E-state index is 0.0275. The van der Waals surface area contributed by atoms with Gasteiger partial charge in [-0.1, -0.05) is 35.2 Å². The molecular weight excluding hydrogens is 460 g/mol. The van der Waals surface area contributed by atoms with E-state index in [1.165, 1.54) is 23.1 Å². The van der Waals surface area contributed by atoms with Crippen LogP contribution in [0.15, 0.2) is 46.8 Å². The van der Waals surface area contributed by atoms with Gasteiger partial charge < -0.3 is 24.4 Å². The summed E-state index contributed by atoms with van der Waals surface area (Å²) in [4.78, 5) is 15.0. The van der Waals surface area contributed by atoms with Crippen LogP contribution in [0.5, 0.6) is 17.2 Å². The van der Waals surface area contributed by atoms with E-state index in [9.17, 15) is 4.79 Å². The minimum atomic E-state index is -0.0275. The van der Waals surface area contributed by atoms with Crippen molar-refractivity contribution in [2.24, 2.45) is 0 Å². The molecule has 1 atom stereocenters. The van der Waals surface area contributed by atoms with Gasteiger partial charge in [-0.05, 0) is 43.2 Å². The number of carbonyl (C=O) groups is 1. The maximum absolute atomic E-state index is 13.1. The fraction of sp³-hybridized carbons (Fsp3) is 0.348. The third-order valence-electron chi connectivity index (χ3n) is 5.44. The van der Waals surface area contributed by atoms with Crippen molar-refractivity contribution in [2.45, 2.75) is 23.2 Å². The molecule has 8 nitrogen and oxygen atoms in total. The Morgan fingerprint density at radius 1 is 1.12 bits per heavy atom. The molecule has 1 aliphatic rings. The number of carbonyl (C=O) groups excluding carboxylic acids is 1. The number of nitrogens with zero attached hydrogens (tertiary/aromatic N) is 3. The lowest BCUT2D eigenvalue weighted by Crippen LogP contribution is -2.32. The molecule has 10 heteroatoms. The van der Waals surface area contributed by atoms with Crippen LogP contribution in [-0.2, 0) is 4.79 Å². The zero-order valence-corrected chi connectivity index (χ0v) is 20.4. The maximum Gasteiger partial charge on any atom is 0.233 e. The van der Waals surface area contributed by atoms with E-state index in [0.29, 0.717) is 10.9 Å². The van der Waals surface area contributed by atoms with Crippen LogP contribution in [0.4, 0.5) is 10.8 Å². The van der Waals surface area contributed by atoms with Crippen molar-refractivity contribution >= 4 is 39.8 Å². The summed E-state index contributed by atoms with van der Waals surface area (Å²) >= 11 is 2.80. The van der Waals surface area contributed by atoms with Gasteiger partial charge in [0.25, 0.3) is 0 Å². The average molecular weight is 487 g/mol. The Morgan fingerprint density at radius 2 is 1.94 bits per heavy atom. The van der Waals surface area contributed by atoms with Crippen LogP contribution < -0.4 is 19.5 Å². The van der Waals surface area contributed by atoms with Crippen LogP contribution in [0.1, 0.15) is 24.4 Å². The van der Waals surface area contributed by atoms with Crippen LogP contribution in [0.3, 0.4) is 0 Å². The first-order valence-electron chi connectivity index (χ1n) is 10.5. The Bertz CT molecular complexity index is 1110. The summed E-state index contributed by atoms with van der Waals surface area (Å²) in [5, 5.41) is 12.3. The third kappa shape index (κ3) is 5.33. The molecule has 1 saturated heterocycles. The van der Waals surface area contributed by atoms with Crippen LogP contribution in [-0.4, -0.2) is 54.6 Å². The zero-order valence-electron chi connectivity index (χ0n) is 18.7. The largest absolute Gasteiger partial charge is 0.497 e. The van der Waals surface area contributed by atoms with Gasteiger partial charge in [-0.15, -0.1) is 10.2 Å². The fourth-order valence-corrected chi connectivity index (χ4v) is 5.53. The number of ether oxygens (including phenoxy) is 3. The summed E-state index contributed by atoms with van der Waals surface area (Å²) in [6.07, 6.45) is 1.85. The lowest BCUT2D eigenvalue weighted by molar-refractivity contribution is -0.129. The maximum atomic E-state index is 13.1. The van der Waals surface area contributed by atoms with Crippen LogP contribution in [0.2, 0.25) is 0 Å². The molecule has 2 heterocycles. The Kier molecular flexibility index (Phi) is 7.56. The van der Waals surface area contributed by atoms with Gasteiger partial charge in [-0.3, -0.25) is 4.79 Å². The zero-order chi connectivity index (χ0) is 23.2. The molecule has 2 aromatic carbocycles. The molecule has 1 amide bonds. The molecule has 174 valence electrons. The van der Waals surface area contributed by atoms with Crippen molar-refractivity contribution in [3.05, 3.63) is 48.0 Å². The van der Waals surface area contributed by atoms with E-state index in [4.69, 9.17) is 14.2 Å². The Balaban J connectivity index is 1.40. The van der Waals surface area contributed by atoms with E-state index in [-0.39, 0.29) is 11.9 Å². The second-order valence-corrected chi connectivity index (χ2v) is 9.54. The van der Waals surface area contributed by atoms with E-state index in [0.717, 1.165) is 52.2 Å². The molecule has 1 aliphatic heterocycles. The van der Waals surface area contributed by atoms with Gasteiger partial charge >= 0.3 is 0 Å². The van der Waals surface area contributed by atoms with Gasteiger partial charge in [-0.2, -0.15) is 0 Å². The highest BCUT2D eigenvalue weighted by atomic mass is 32.2. The highest BCUT2D eigenvalue weighted by molar-refractivity contribution is 8.01. The monoisotopic (exact) mass is 486 g/mol. The van der Waals surface area contributed by atoms with Crippen molar-refractivity contribution in [1.29, 1.82) is 0 Å². The first kappa shape index (κ1) is 23.2. The second-order valence-electron chi connectivity index (χ2n) is 7.34. The van der Waals surface area contributed by atoms with Gasteiger partial charge in [0.15, 0.2) is 4.34 Å². The van der Waals surface area contributed by atoms with Crippen molar-refractivity contribution in [3.63, 3.8) is 0 Å². The number of rotatable bonds is 9. The number of anilines is 2. The Labute approximate surface area is 201 Å². The number of methoxy groups -OCH3 is 3. The van der Waals surface area contributed by atoms with Crippen molar-refractivity contribution in [2.75, 3.05) is 38.9 Å². The molecule has 1 N–H and O–H groups in total. The molecule has 1 unspecified atom stereocenters. The summed E-state index contributed by atoms with van der Waals surface area (Å²) in [5.41, 5.74) is 1.79. The van der Waals surface area contributed by atoms with Crippen LogP contribution >= 0.6 is 23.1 Å². The predicted molar refractivity (Wildman–Crippen MR) is 130 cm³/mol. The summed E-state index contributed by atoms with van der Waals surface area (Å²) < 4.78 is 17.0. The lowest BCUT2D eigenvalue weighted by Gasteiger charge is -2.26. The summed E-state index contributed by atoms with van der Waals surface area (Å²) in [5.74, 6) is 2.62. The number of likely N-dealkylation sites (tertiary alicyclic amines) is 1.